The van der Waals surface area contributed by atoms with Gasteiger partial charge in [-0.05, 0) is 53.6 Å². The molecular weight excluding hydrogens is 471 g/mol. The number of benzene rings is 3. The van der Waals surface area contributed by atoms with Crippen LogP contribution in [0.1, 0.15) is 11.1 Å². The van der Waals surface area contributed by atoms with Crippen LogP contribution in [0, 0.1) is 0 Å². The molecule has 0 aliphatic carbocycles. The first-order valence-corrected chi connectivity index (χ1v) is 10.8. The van der Waals surface area contributed by atoms with Gasteiger partial charge in [-0.3, -0.25) is 14.5 Å². The summed E-state index contributed by atoms with van der Waals surface area (Å²) in [5.41, 5.74) is 2.03. The van der Waals surface area contributed by atoms with Crippen molar-refractivity contribution in [2.75, 3.05) is 11.4 Å². The second-order valence-electron chi connectivity index (χ2n) is 7.05. The monoisotopic (exact) mass is 486 g/mol. The number of hydrogen-bond acceptors (Lipinski definition) is 3. The molecule has 1 aliphatic rings. The molecule has 1 N–H and O–H groups in total. The summed E-state index contributed by atoms with van der Waals surface area (Å²) in [6.07, 6.45) is 1.60. The lowest BCUT2D eigenvalue weighted by Crippen LogP contribution is -2.44. The van der Waals surface area contributed by atoms with Crippen LogP contribution >= 0.6 is 34.8 Å². The second-order valence-corrected chi connectivity index (χ2v) is 8.30. The van der Waals surface area contributed by atoms with Crippen molar-refractivity contribution in [1.29, 1.82) is 0 Å². The molecule has 0 atom stereocenters. The fourth-order valence-electron chi connectivity index (χ4n) is 3.22. The van der Waals surface area contributed by atoms with Crippen LogP contribution in [0.2, 0.25) is 15.1 Å². The highest BCUT2D eigenvalue weighted by molar-refractivity contribution is 6.42. The highest BCUT2D eigenvalue weighted by Crippen LogP contribution is 2.35. The van der Waals surface area contributed by atoms with Gasteiger partial charge in [-0.2, -0.15) is 0 Å². The van der Waals surface area contributed by atoms with Crippen LogP contribution in [0.15, 0.2) is 72.5 Å². The molecule has 162 valence electrons. The Balaban J connectivity index is 1.54. The van der Waals surface area contributed by atoms with E-state index in [9.17, 15) is 9.59 Å². The van der Waals surface area contributed by atoms with Crippen molar-refractivity contribution in [2.45, 2.75) is 6.54 Å². The van der Waals surface area contributed by atoms with Gasteiger partial charge in [0.25, 0.3) is 5.91 Å². The number of carbonyl (C=O) groups excluding carboxylic acids is 2. The van der Waals surface area contributed by atoms with Gasteiger partial charge in [-0.25, -0.2) is 0 Å². The van der Waals surface area contributed by atoms with Crippen molar-refractivity contribution in [3.8, 4) is 5.75 Å². The molecule has 1 heterocycles. The van der Waals surface area contributed by atoms with E-state index in [1.165, 1.54) is 4.90 Å². The molecule has 2 amide bonds. The number of ether oxygens (including phenoxy) is 1. The predicted molar refractivity (Wildman–Crippen MR) is 127 cm³/mol. The zero-order chi connectivity index (χ0) is 22.7. The third-order valence-corrected chi connectivity index (χ3v) is 5.73. The first-order chi connectivity index (χ1) is 15.4. The number of rotatable bonds is 5. The van der Waals surface area contributed by atoms with E-state index >= 15 is 0 Å². The van der Waals surface area contributed by atoms with E-state index in [2.05, 4.69) is 5.32 Å². The van der Waals surface area contributed by atoms with Crippen molar-refractivity contribution in [1.82, 2.24) is 5.32 Å². The SMILES string of the molecule is O=C(CN1C(=O)/C(=C\c2cccc(Cl)c2)Oc2ccccc21)NCc1ccc(Cl)c(Cl)c1. The molecule has 4 rings (SSSR count). The van der Waals surface area contributed by atoms with Crippen LogP contribution in [-0.2, 0) is 16.1 Å². The molecule has 0 radical (unpaired) electrons. The lowest BCUT2D eigenvalue weighted by atomic mass is 10.1. The molecule has 0 saturated carbocycles. The summed E-state index contributed by atoms with van der Waals surface area (Å²) in [7, 11) is 0. The molecule has 3 aromatic carbocycles. The summed E-state index contributed by atoms with van der Waals surface area (Å²) in [5, 5.41) is 4.20. The Morgan fingerprint density at radius 1 is 0.969 bits per heavy atom. The normalized spacial score (nSPS) is 14.2. The van der Waals surface area contributed by atoms with Gasteiger partial charge in [0.1, 0.15) is 6.54 Å². The van der Waals surface area contributed by atoms with Gasteiger partial charge in [0.15, 0.2) is 11.5 Å². The molecule has 0 spiro atoms. The fraction of sp³-hybridized carbons (Fsp3) is 0.0833. The standard InChI is InChI=1S/C24H17Cl3N2O3/c25-17-5-3-4-15(10-17)12-22-24(31)29(20-6-1-2-7-21(20)32-22)14-23(30)28-13-16-8-9-18(26)19(27)11-16/h1-12H,13-14H2,(H,28,30)/b22-12+. The van der Waals surface area contributed by atoms with E-state index in [1.807, 2.05) is 6.07 Å². The number of halogens is 3. The van der Waals surface area contributed by atoms with Crippen LogP contribution in [-0.4, -0.2) is 18.4 Å². The topological polar surface area (TPSA) is 58.6 Å². The summed E-state index contributed by atoms with van der Waals surface area (Å²) in [6.45, 7) is 0.0779. The Bertz CT molecular complexity index is 1230. The summed E-state index contributed by atoms with van der Waals surface area (Å²) in [5.74, 6) is -0.169. The molecule has 0 saturated heterocycles. The number of carbonyl (C=O) groups is 2. The second kappa shape index (κ2) is 9.65. The van der Waals surface area contributed by atoms with E-state index in [-0.39, 0.29) is 24.8 Å². The van der Waals surface area contributed by atoms with Crippen molar-refractivity contribution in [3.63, 3.8) is 0 Å². The summed E-state index contributed by atoms with van der Waals surface area (Å²) in [4.78, 5) is 27.2. The number of para-hydroxylation sites is 2. The molecule has 32 heavy (non-hydrogen) atoms. The number of nitrogens with one attached hydrogen (secondary N) is 1. The maximum Gasteiger partial charge on any atom is 0.294 e. The van der Waals surface area contributed by atoms with E-state index in [1.54, 1.807) is 66.7 Å². The number of amides is 2. The number of anilines is 1. The fourth-order valence-corrected chi connectivity index (χ4v) is 3.74. The van der Waals surface area contributed by atoms with Gasteiger partial charge in [0.2, 0.25) is 5.91 Å². The third-order valence-electron chi connectivity index (χ3n) is 4.75. The Morgan fingerprint density at radius 3 is 2.56 bits per heavy atom. The van der Waals surface area contributed by atoms with E-state index < -0.39 is 5.91 Å². The Hall–Kier alpha value is -2.99. The lowest BCUT2D eigenvalue weighted by molar-refractivity contribution is -0.123. The molecule has 5 nitrogen and oxygen atoms in total. The van der Waals surface area contributed by atoms with Gasteiger partial charge >= 0.3 is 0 Å². The highest BCUT2D eigenvalue weighted by atomic mass is 35.5. The van der Waals surface area contributed by atoms with Gasteiger partial charge in [0, 0.05) is 11.6 Å². The lowest BCUT2D eigenvalue weighted by Gasteiger charge is -2.30. The largest absolute Gasteiger partial charge is 0.449 e. The van der Waals surface area contributed by atoms with E-state index in [4.69, 9.17) is 39.5 Å². The van der Waals surface area contributed by atoms with Crippen molar-refractivity contribution >= 4 is 58.4 Å². The van der Waals surface area contributed by atoms with E-state index in [0.29, 0.717) is 32.1 Å². The van der Waals surface area contributed by atoms with Crippen LogP contribution < -0.4 is 15.0 Å². The molecule has 3 aromatic rings. The highest BCUT2D eigenvalue weighted by Gasteiger charge is 2.31. The molecule has 8 heteroatoms. The van der Waals surface area contributed by atoms with Gasteiger partial charge < -0.3 is 10.1 Å². The third kappa shape index (κ3) is 5.07. The van der Waals surface area contributed by atoms with Gasteiger partial charge in [-0.15, -0.1) is 0 Å². The zero-order valence-corrected chi connectivity index (χ0v) is 18.9. The van der Waals surface area contributed by atoms with Crippen LogP contribution in [0.25, 0.3) is 6.08 Å². The maximum absolute atomic E-state index is 13.2. The average Bonchev–Trinajstić information content (AvgIpc) is 2.77. The minimum absolute atomic E-state index is 0.100. The van der Waals surface area contributed by atoms with E-state index in [0.717, 1.165) is 5.56 Å². The summed E-state index contributed by atoms with van der Waals surface area (Å²) >= 11 is 18.0. The summed E-state index contributed by atoms with van der Waals surface area (Å²) < 4.78 is 5.82. The molecular formula is C24H17Cl3N2O3. The Morgan fingerprint density at radius 2 is 1.78 bits per heavy atom. The van der Waals surface area contributed by atoms with Crippen LogP contribution in [0.3, 0.4) is 0 Å². The average molecular weight is 488 g/mol. The van der Waals surface area contributed by atoms with Crippen molar-refractivity contribution in [2.24, 2.45) is 0 Å². The first kappa shape index (κ1) is 22.2. The minimum atomic E-state index is -0.423. The Kier molecular flexibility index (Phi) is 6.70. The van der Waals surface area contributed by atoms with Gasteiger partial charge in [0.05, 0.1) is 15.7 Å². The van der Waals surface area contributed by atoms with Crippen LogP contribution in [0.4, 0.5) is 5.69 Å². The molecule has 0 fully saturated rings. The zero-order valence-electron chi connectivity index (χ0n) is 16.6. The molecule has 0 unspecified atom stereocenters. The molecule has 1 aliphatic heterocycles. The maximum atomic E-state index is 13.2. The quantitative estimate of drug-likeness (QED) is 0.468. The van der Waals surface area contributed by atoms with Gasteiger partial charge in [-0.1, -0.05) is 65.1 Å². The number of nitrogens with zero attached hydrogens (tertiary/aromatic N) is 1. The van der Waals surface area contributed by atoms with Crippen LogP contribution in [0.5, 0.6) is 5.75 Å². The summed E-state index contributed by atoms with van der Waals surface area (Å²) in [6, 6.07) is 19.2. The molecule has 0 aromatic heterocycles. The number of fused-ring (bicyclic) bond motifs is 1. The van der Waals surface area contributed by atoms with Crippen molar-refractivity contribution < 1.29 is 14.3 Å². The van der Waals surface area contributed by atoms with Crippen molar-refractivity contribution in [3.05, 3.63) is 98.7 Å². The predicted octanol–water partition coefficient (Wildman–Crippen LogP) is 5.73. The first-order valence-electron chi connectivity index (χ1n) is 9.67. The number of hydrogen-bond donors (Lipinski definition) is 1. The molecule has 0 bridgehead atoms. The minimum Gasteiger partial charge on any atom is -0.449 e. The smallest absolute Gasteiger partial charge is 0.294 e. The Labute approximate surface area is 200 Å².